The Labute approximate surface area is 182 Å². The van der Waals surface area contributed by atoms with E-state index in [9.17, 15) is 14.3 Å². The number of carbonyl (C=O) groups is 1. The number of halogens is 1. The van der Waals surface area contributed by atoms with Gasteiger partial charge in [0.2, 0.25) is 11.8 Å². The number of nitrogen functional groups attached to an aromatic ring is 1. The van der Waals surface area contributed by atoms with Crippen molar-refractivity contribution in [3.63, 3.8) is 0 Å². The summed E-state index contributed by atoms with van der Waals surface area (Å²) in [6.45, 7) is 0.204. The summed E-state index contributed by atoms with van der Waals surface area (Å²) >= 11 is 0. The first-order valence-corrected chi connectivity index (χ1v) is 9.82. The first-order valence-electron chi connectivity index (χ1n) is 9.82. The van der Waals surface area contributed by atoms with Gasteiger partial charge in [-0.1, -0.05) is 12.1 Å². The summed E-state index contributed by atoms with van der Waals surface area (Å²) in [6, 6.07) is 10.9. The molecule has 0 aliphatic heterocycles. The molecule has 0 bridgehead atoms. The number of hydrogen-bond acceptors (Lipinski definition) is 7. The number of amides is 1. The molecule has 0 aliphatic carbocycles. The molecule has 1 unspecified atom stereocenters. The van der Waals surface area contributed by atoms with Crippen LogP contribution in [0.4, 0.5) is 10.3 Å². The number of nitrogens with two attached hydrogens (primary N) is 1. The maximum Gasteiger partial charge on any atom is 0.256 e. The number of aliphatic hydroxyl groups is 1. The molecule has 4 rings (SSSR count). The lowest BCUT2D eigenvalue weighted by Crippen LogP contribution is -2.26. The van der Waals surface area contributed by atoms with Gasteiger partial charge in [0.25, 0.3) is 5.91 Å². The van der Waals surface area contributed by atoms with E-state index in [1.165, 1.54) is 31.4 Å². The summed E-state index contributed by atoms with van der Waals surface area (Å²) in [6.07, 6.45) is 2.75. The SMILES string of the molecule is COc1ncc(-c2ccn3nc(N)nc3c2)cc1C(=O)NCCC(O)c1ccc(F)cc1. The number of methoxy groups -OCH3 is 1. The topological polar surface area (TPSA) is 128 Å². The van der Waals surface area contributed by atoms with Gasteiger partial charge in [-0.15, -0.1) is 5.10 Å². The number of ether oxygens (including phenoxy) is 1. The van der Waals surface area contributed by atoms with Crippen molar-refractivity contribution in [2.45, 2.75) is 12.5 Å². The van der Waals surface area contributed by atoms with E-state index in [4.69, 9.17) is 10.5 Å². The van der Waals surface area contributed by atoms with E-state index in [2.05, 4.69) is 20.4 Å². The van der Waals surface area contributed by atoms with Crippen molar-refractivity contribution in [3.05, 3.63) is 71.8 Å². The zero-order valence-electron chi connectivity index (χ0n) is 17.2. The molecule has 0 saturated carbocycles. The van der Waals surface area contributed by atoms with Gasteiger partial charge in [-0.25, -0.2) is 13.9 Å². The van der Waals surface area contributed by atoms with E-state index in [0.29, 0.717) is 16.8 Å². The lowest BCUT2D eigenvalue weighted by molar-refractivity contribution is 0.0939. The largest absolute Gasteiger partial charge is 0.480 e. The molecule has 10 heteroatoms. The third-order valence-electron chi connectivity index (χ3n) is 4.93. The highest BCUT2D eigenvalue weighted by Gasteiger charge is 2.16. The van der Waals surface area contributed by atoms with Gasteiger partial charge in [0, 0.05) is 24.5 Å². The molecule has 4 N–H and O–H groups in total. The molecule has 1 atom stereocenters. The van der Waals surface area contributed by atoms with Crippen LogP contribution in [0.3, 0.4) is 0 Å². The van der Waals surface area contributed by atoms with Crippen LogP contribution in [0, 0.1) is 5.82 Å². The molecule has 0 spiro atoms. The molecular formula is C22H21FN6O3. The Hall–Kier alpha value is -4.05. The normalized spacial score (nSPS) is 12.0. The zero-order chi connectivity index (χ0) is 22.7. The van der Waals surface area contributed by atoms with Crippen LogP contribution in [0.2, 0.25) is 0 Å². The number of nitrogens with one attached hydrogen (secondary N) is 1. The van der Waals surface area contributed by atoms with Crippen LogP contribution in [-0.4, -0.2) is 44.3 Å². The second kappa shape index (κ2) is 8.98. The van der Waals surface area contributed by atoms with Gasteiger partial charge in [-0.05, 0) is 47.9 Å². The van der Waals surface area contributed by atoms with Crippen molar-refractivity contribution in [2.24, 2.45) is 0 Å². The number of fused-ring (bicyclic) bond motifs is 1. The molecule has 4 aromatic rings. The summed E-state index contributed by atoms with van der Waals surface area (Å²) in [5, 5.41) is 17.0. The van der Waals surface area contributed by atoms with Crippen molar-refractivity contribution in [3.8, 4) is 17.0 Å². The number of carbonyl (C=O) groups excluding carboxylic acids is 1. The van der Waals surface area contributed by atoms with Gasteiger partial charge < -0.3 is 20.9 Å². The molecule has 9 nitrogen and oxygen atoms in total. The van der Waals surface area contributed by atoms with Crippen LogP contribution >= 0.6 is 0 Å². The molecule has 3 heterocycles. The van der Waals surface area contributed by atoms with Crippen molar-refractivity contribution in [1.82, 2.24) is 24.9 Å². The van der Waals surface area contributed by atoms with Crippen LogP contribution in [0.25, 0.3) is 16.8 Å². The third kappa shape index (κ3) is 4.49. The minimum atomic E-state index is -0.829. The number of aromatic nitrogens is 4. The summed E-state index contributed by atoms with van der Waals surface area (Å²) in [7, 11) is 1.43. The Kier molecular flexibility index (Phi) is 5.95. The number of anilines is 1. The lowest BCUT2D eigenvalue weighted by Gasteiger charge is -2.13. The number of nitrogens with zero attached hydrogens (tertiary/aromatic N) is 4. The number of benzene rings is 1. The molecule has 1 aromatic carbocycles. The smallest absolute Gasteiger partial charge is 0.256 e. The Balaban J connectivity index is 1.48. The molecule has 164 valence electrons. The van der Waals surface area contributed by atoms with Crippen LogP contribution in [-0.2, 0) is 0 Å². The number of pyridine rings is 2. The van der Waals surface area contributed by atoms with Crippen molar-refractivity contribution >= 4 is 17.5 Å². The standard InChI is InChI=1S/C22H21FN6O3/c1-32-21-17(20(31)25-8-6-18(30)13-2-4-16(23)5-3-13)10-15(12-26-21)14-7-9-29-19(11-14)27-22(24)28-29/h2-5,7,9-12,18,30H,6,8H2,1H3,(H2,24,28)(H,25,31). The average Bonchev–Trinajstić information content (AvgIpc) is 3.18. The quantitative estimate of drug-likeness (QED) is 0.406. The molecule has 3 aromatic heterocycles. The first kappa shape index (κ1) is 21.2. The van der Waals surface area contributed by atoms with Crippen LogP contribution in [0.15, 0.2) is 54.9 Å². The molecular weight excluding hydrogens is 415 g/mol. The van der Waals surface area contributed by atoms with Gasteiger partial charge in [-0.2, -0.15) is 4.98 Å². The highest BCUT2D eigenvalue weighted by atomic mass is 19.1. The fourth-order valence-corrected chi connectivity index (χ4v) is 3.28. The minimum Gasteiger partial charge on any atom is -0.480 e. The van der Waals surface area contributed by atoms with Crippen LogP contribution < -0.4 is 15.8 Å². The van der Waals surface area contributed by atoms with Crippen molar-refractivity contribution in [2.75, 3.05) is 19.4 Å². The van der Waals surface area contributed by atoms with Gasteiger partial charge in [0.1, 0.15) is 11.4 Å². The molecule has 0 aliphatic rings. The van der Waals surface area contributed by atoms with Crippen molar-refractivity contribution in [1.29, 1.82) is 0 Å². The second-order valence-corrected chi connectivity index (χ2v) is 7.08. The van der Waals surface area contributed by atoms with E-state index in [1.54, 1.807) is 29.0 Å². The Morgan fingerprint density at radius 2 is 2.03 bits per heavy atom. The zero-order valence-corrected chi connectivity index (χ0v) is 17.2. The van der Waals surface area contributed by atoms with E-state index in [-0.39, 0.29) is 36.2 Å². The predicted octanol–water partition coefficient (Wildman–Crippen LogP) is 2.37. The fraction of sp³-hybridized carbons (Fsp3) is 0.182. The van der Waals surface area contributed by atoms with Gasteiger partial charge in [0.05, 0.1) is 13.2 Å². The molecule has 32 heavy (non-hydrogen) atoms. The van der Waals surface area contributed by atoms with Gasteiger partial charge in [-0.3, -0.25) is 4.79 Å². The van der Waals surface area contributed by atoms with Gasteiger partial charge >= 0.3 is 0 Å². The highest BCUT2D eigenvalue weighted by molar-refractivity contribution is 5.97. The van der Waals surface area contributed by atoms with Crippen LogP contribution in [0.1, 0.15) is 28.4 Å². The van der Waals surface area contributed by atoms with Crippen LogP contribution in [0.5, 0.6) is 5.88 Å². The van der Waals surface area contributed by atoms with E-state index < -0.39 is 12.0 Å². The maximum atomic E-state index is 13.0. The maximum absolute atomic E-state index is 13.0. The summed E-state index contributed by atoms with van der Waals surface area (Å²) in [5.74, 6) is -0.424. The molecule has 0 fully saturated rings. The third-order valence-corrected chi connectivity index (χ3v) is 4.93. The summed E-state index contributed by atoms with van der Waals surface area (Å²) < 4.78 is 19.8. The molecule has 0 radical (unpaired) electrons. The molecule has 0 saturated heterocycles. The van der Waals surface area contributed by atoms with E-state index >= 15 is 0 Å². The summed E-state index contributed by atoms with van der Waals surface area (Å²) in [4.78, 5) is 21.2. The Morgan fingerprint density at radius 3 is 2.78 bits per heavy atom. The van der Waals surface area contributed by atoms with Gasteiger partial charge in [0.15, 0.2) is 5.65 Å². The van der Waals surface area contributed by atoms with E-state index in [1.807, 2.05) is 6.07 Å². The number of hydrogen-bond donors (Lipinski definition) is 3. The fourth-order valence-electron chi connectivity index (χ4n) is 3.28. The van der Waals surface area contributed by atoms with Crippen molar-refractivity contribution < 1.29 is 19.0 Å². The highest BCUT2D eigenvalue weighted by Crippen LogP contribution is 2.25. The second-order valence-electron chi connectivity index (χ2n) is 7.08. The Bertz CT molecular complexity index is 1260. The monoisotopic (exact) mass is 436 g/mol. The number of rotatable bonds is 7. The minimum absolute atomic E-state index is 0.165. The Morgan fingerprint density at radius 1 is 1.25 bits per heavy atom. The lowest BCUT2D eigenvalue weighted by atomic mass is 10.1. The molecule has 1 amide bonds. The summed E-state index contributed by atoms with van der Waals surface area (Å²) in [5.41, 5.74) is 8.49. The first-order chi connectivity index (χ1) is 15.4. The predicted molar refractivity (Wildman–Crippen MR) is 115 cm³/mol. The average molecular weight is 436 g/mol. The van der Waals surface area contributed by atoms with E-state index in [0.717, 1.165) is 5.56 Å². The number of aliphatic hydroxyl groups excluding tert-OH is 1.